The molecule has 1 aliphatic heterocycles. The second-order valence-corrected chi connectivity index (χ2v) is 10.6. The maximum absolute atomic E-state index is 13.5. The minimum Gasteiger partial charge on any atom is -0.493 e. The molecule has 0 radical (unpaired) electrons. The highest BCUT2D eigenvalue weighted by atomic mass is 19.1. The average molecular weight is 561 g/mol. The van der Waals surface area contributed by atoms with Crippen LogP contribution in [-0.2, 0) is 13.0 Å². The third-order valence-corrected chi connectivity index (χ3v) is 8.30. The van der Waals surface area contributed by atoms with E-state index in [1.54, 1.807) is 17.8 Å². The SMILES string of the molecule is COc1cnn2cc(-c3nn4c(c3C)CCN(C3CCC(NC#N)C3)CC4)cc(O[C@H](CO)c3ccc(F)cn3)c12. The Balaban J connectivity index is 1.29. The van der Waals surface area contributed by atoms with Gasteiger partial charge in [0.1, 0.15) is 5.82 Å². The van der Waals surface area contributed by atoms with Gasteiger partial charge in [0.2, 0.25) is 0 Å². The zero-order valence-electron chi connectivity index (χ0n) is 23.1. The molecule has 2 unspecified atom stereocenters. The first-order valence-corrected chi connectivity index (χ1v) is 13.9. The first-order chi connectivity index (χ1) is 20.0. The number of hydrogen-bond donors (Lipinski definition) is 2. The third-order valence-electron chi connectivity index (χ3n) is 8.30. The number of aliphatic hydroxyl groups is 1. The zero-order valence-corrected chi connectivity index (χ0v) is 23.1. The molecule has 2 N–H and O–H groups in total. The smallest absolute Gasteiger partial charge is 0.176 e. The largest absolute Gasteiger partial charge is 0.493 e. The molecular formula is C29H33FN8O3. The maximum Gasteiger partial charge on any atom is 0.176 e. The normalized spacial score (nSPS) is 19.9. The molecule has 0 saturated heterocycles. The number of nitrogens with zero attached hydrogens (tertiary/aromatic N) is 7. The van der Waals surface area contributed by atoms with Crippen molar-refractivity contribution >= 4 is 5.52 Å². The molecule has 214 valence electrons. The van der Waals surface area contributed by atoms with Crippen molar-refractivity contribution in [1.29, 1.82) is 5.26 Å². The summed E-state index contributed by atoms with van der Waals surface area (Å²) < 4.78 is 29.1. The average Bonchev–Trinajstić information content (AvgIpc) is 3.66. The number of nitriles is 1. The molecule has 1 fully saturated rings. The monoisotopic (exact) mass is 560 g/mol. The van der Waals surface area contributed by atoms with Gasteiger partial charge in [-0.3, -0.25) is 14.6 Å². The summed E-state index contributed by atoms with van der Waals surface area (Å²) in [4.78, 5) is 6.64. The highest BCUT2D eigenvalue weighted by Gasteiger charge is 2.31. The van der Waals surface area contributed by atoms with E-state index in [-0.39, 0.29) is 12.6 Å². The molecule has 41 heavy (non-hydrogen) atoms. The van der Waals surface area contributed by atoms with Gasteiger partial charge in [-0.25, -0.2) is 8.91 Å². The number of hydrogen-bond acceptors (Lipinski definition) is 9. The van der Waals surface area contributed by atoms with E-state index in [1.807, 2.05) is 12.3 Å². The fraction of sp³-hybridized carbons (Fsp3) is 0.448. The summed E-state index contributed by atoms with van der Waals surface area (Å²) >= 11 is 0. The van der Waals surface area contributed by atoms with Crippen molar-refractivity contribution < 1.29 is 19.0 Å². The summed E-state index contributed by atoms with van der Waals surface area (Å²) in [5, 5.41) is 31.5. The second-order valence-electron chi connectivity index (χ2n) is 10.6. The number of nitrogens with one attached hydrogen (secondary N) is 1. The van der Waals surface area contributed by atoms with Crippen molar-refractivity contribution in [2.45, 2.75) is 57.3 Å². The molecule has 12 heteroatoms. The molecule has 11 nitrogen and oxygen atoms in total. The number of methoxy groups -OCH3 is 1. The summed E-state index contributed by atoms with van der Waals surface area (Å²) in [7, 11) is 1.56. The van der Waals surface area contributed by atoms with E-state index < -0.39 is 11.9 Å². The van der Waals surface area contributed by atoms with E-state index in [0.717, 1.165) is 68.3 Å². The first-order valence-electron chi connectivity index (χ1n) is 13.9. The van der Waals surface area contributed by atoms with Gasteiger partial charge in [-0.2, -0.15) is 15.5 Å². The number of aliphatic hydroxyl groups excluding tert-OH is 1. The van der Waals surface area contributed by atoms with Crippen LogP contribution in [0.25, 0.3) is 16.8 Å². The lowest BCUT2D eigenvalue weighted by atomic mass is 10.1. The number of pyridine rings is 2. The number of rotatable bonds is 8. The van der Waals surface area contributed by atoms with E-state index in [4.69, 9.17) is 19.8 Å². The predicted molar refractivity (Wildman–Crippen MR) is 148 cm³/mol. The van der Waals surface area contributed by atoms with Crippen LogP contribution in [0.15, 0.2) is 36.8 Å². The summed E-state index contributed by atoms with van der Waals surface area (Å²) in [6.45, 7) is 4.38. The van der Waals surface area contributed by atoms with Crippen LogP contribution in [0.2, 0.25) is 0 Å². The van der Waals surface area contributed by atoms with Crippen molar-refractivity contribution in [1.82, 2.24) is 34.6 Å². The molecule has 1 aliphatic carbocycles. The molecule has 3 atom stereocenters. The molecule has 5 heterocycles. The lowest BCUT2D eigenvalue weighted by molar-refractivity contribution is 0.114. The lowest BCUT2D eigenvalue weighted by Crippen LogP contribution is -2.37. The Hall–Kier alpha value is -4.21. The lowest BCUT2D eigenvalue weighted by Gasteiger charge is -2.27. The first kappa shape index (κ1) is 27.0. The number of fused-ring (bicyclic) bond motifs is 2. The fourth-order valence-electron chi connectivity index (χ4n) is 6.17. The fourth-order valence-corrected chi connectivity index (χ4v) is 6.17. The van der Waals surface area contributed by atoms with Gasteiger partial charge >= 0.3 is 0 Å². The van der Waals surface area contributed by atoms with Crippen LogP contribution < -0.4 is 14.8 Å². The molecule has 0 bridgehead atoms. The van der Waals surface area contributed by atoms with Crippen LogP contribution >= 0.6 is 0 Å². The summed E-state index contributed by atoms with van der Waals surface area (Å²) in [5.41, 5.74) is 4.98. The second kappa shape index (κ2) is 11.3. The summed E-state index contributed by atoms with van der Waals surface area (Å²) in [6, 6.07) is 5.42. The molecule has 4 aromatic heterocycles. The van der Waals surface area contributed by atoms with Crippen molar-refractivity contribution in [3.05, 3.63) is 59.6 Å². The highest BCUT2D eigenvalue weighted by molar-refractivity contribution is 5.75. The number of aromatic nitrogens is 5. The quantitative estimate of drug-likeness (QED) is 0.247. The van der Waals surface area contributed by atoms with E-state index >= 15 is 0 Å². The molecule has 0 amide bonds. The maximum atomic E-state index is 13.5. The summed E-state index contributed by atoms with van der Waals surface area (Å²) in [6.07, 6.45) is 9.90. The van der Waals surface area contributed by atoms with Crippen LogP contribution in [0.1, 0.15) is 42.3 Å². The summed E-state index contributed by atoms with van der Waals surface area (Å²) in [5.74, 6) is 0.498. The highest BCUT2D eigenvalue weighted by Crippen LogP contribution is 2.37. The Kier molecular flexibility index (Phi) is 7.47. The van der Waals surface area contributed by atoms with Gasteiger partial charge in [-0.1, -0.05) is 0 Å². The van der Waals surface area contributed by atoms with Crippen molar-refractivity contribution in [3.63, 3.8) is 0 Å². The molecule has 2 aliphatic rings. The van der Waals surface area contributed by atoms with Crippen molar-refractivity contribution in [2.24, 2.45) is 0 Å². The number of ether oxygens (including phenoxy) is 2. The molecule has 4 aromatic rings. The predicted octanol–water partition coefficient (Wildman–Crippen LogP) is 3.01. The molecule has 0 aromatic carbocycles. The van der Waals surface area contributed by atoms with E-state index in [1.165, 1.54) is 17.8 Å². The Labute approximate surface area is 237 Å². The minimum absolute atomic E-state index is 0.273. The van der Waals surface area contributed by atoms with Gasteiger partial charge in [0, 0.05) is 49.0 Å². The number of halogens is 1. The standard InChI is InChI=1S/C29H33FN8O3/c1-18-24-7-8-36(22-5-4-21(12-22)33-17-31)9-10-37(24)35-28(18)19-11-25(29-26(40-2)14-34-38(29)15-19)41-27(16-39)23-6-3-20(30)13-32-23/h3,6,11,13-15,21-22,27,33,39H,4-5,7-10,12,16H2,1-2H3/t21?,22?,27-/m1/s1. The Bertz CT molecular complexity index is 1580. The van der Waals surface area contributed by atoms with Gasteiger partial charge in [-0.05, 0) is 49.9 Å². The van der Waals surface area contributed by atoms with E-state index in [9.17, 15) is 9.50 Å². The minimum atomic E-state index is -0.821. The van der Waals surface area contributed by atoms with E-state index in [2.05, 4.69) is 38.1 Å². The molecule has 1 saturated carbocycles. The molecule has 0 spiro atoms. The topological polar surface area (TPSA) is 126 Å². The molecular weight excluding hydrogens is 527 g/mol. The zero-order chi connectivity index (χ0) is 28.5. The van der Waals surface area contributed by atoms with Crippen LogP contribution in [0, 0.1) is 24.2 Å². The van der Waals surface area contributed by atoms with Crippen molar-refractivity contribution in [3.8, 4) is 28.9 Å². The Morgan fingerprint density at radius 2 is 2.10 bits per heavy atom. The van der Waals surface area contributed by atoms with Gasteiger partial charge in [0.05, 0.1) is 44.0 Å². The van der Waals surface area contributed by atoms with Gasteiger partial charge in [-0.15, -0.1) is 0 Å². The van der Waals surface area contributed by atoms with Crippen LogP contribution in [0.4, 0.5) is 4.39 Å². The van der Waals surface area contributed by atoms with Gasteiger partial charge in [0.25, 0.3) is 0 Å². The third kappa shape index (κ3) is 5.18. The van der Waals surface area contributed by atoms with Gasteiger partial charge < -0.3 is 19.9 Å². The van der Waals surface area contributed by atoms with Crippen molar-refractivity contribution in [2.75, 3.05) is 26.8 Å². The van der Waals surface area contributed by atoms with E-state index in [0.29, 0.717) is 28.8 Å². The van der Waals surface area contributed by atoms with Crippen LogP contribution in [-0.4, -0.2) is 73.3 Å². The molecule has 6 rings (SSSR count). The Morgan fingerprint density at radius 1 is 1.22 bits per heavy atom. The van der Waals surface area contributed by atoms with Crippen LogP contribution in [0.3, 0.4) is 0 Å². The van der Waals surface area contributed by atoms with Gasteiger partial charge in [0.15, 0.2) is 29.3 Å². The van der Waals surface area contributed by atoms with Crippen LogP contribution in [0.5, 0.6) is 11.5 Å². The Morgan fingerprint density at radius 3 is 2.85 bits per heavy atom.